The van der Waals surface area contributed by atoms with Crippen molar-refractivity contribution in [2.75, 3.05) is 38.6 Å². The van der Waals surface area contributed by atoms with Crippen LogP contribution in [0.1, 0.15) is 51.5 Å². The minimum atomic E-state index is -0.288. The minimum Gasteiger partial charge on any atom is -0.497 e. The van der Waals surface area contributed by atoms with Crippen LogP contribution in [0.3, 0.4) is 0 Å². The van der Waals surface area contributed by atoms with Crippen molar-refractivity contribution in [2.45, 2.75) is 70.2 Å². The molecule has 0 unspecified atom stereocenters. The van der Waals surface area contributed by atoms with E-state index in [1.54, 1.807) is 7.11 Å². The van der Waals surface area contributed by atoms with Gasteiger partial charge in [0.05, 0.1) is 18.8 Å². The van der Waals surface area contributed by atoms with Gasteiger partial charge in [-0.15, -0.1) is 0 Å². The zero-order valence-corrected chi connectivity index (χ0v) is 24.4. The van der Waals surface area contributed by atoms with Gasteiger partial charge in [0.2, 0.25) is 5.91 Å². The van der Waals surface area contributed by atoms with E-state index in [4.69, 9.17) is 17.0 Å². The highest BCUT2D eigenvalue weighted by Crippen LogP contribution is 2.39. The van der Waals surface area contributed by atoms with Gasteiger partial charge in [0.25, 0.3) is 0 Å². The second kappa shape index (κ2) is 12.2. The molecule has 2 N–H and O–H groups in total. The van der Waals surface area contributed by atoms with Crippen LogP contribution in [0.4, 0.5) is 5.69 Å². The predicted octanol–water partition coefficient (Wildman–Crippen LogP) is 4.70. The van der Waals surface area contributed by atoms with Crippen molar-refractivity contribution in [3.05, 3.63) is 60.2 Å². The Morgan fingerprint density at radius 1 is 1.08 bits per heavy atom. The van der Waals surface area contributed by atoms with Crippen molar-refractivity contribution in [3.8, 4) is 5.75 Å². The van der Waals surface area contributed by atoms with E-state index in [1.807, 2.05) is 24.3 Å². The normalized spacial score (nSPS) is 22.7. The molecule has 3 saturated heterocycles. The van der Waals surface area contributed by atoms with E-state index in [2.05, 4.69) is 69.5 Å². The number of ether oxygens (including phenoxy) is 1. The summed E-state index contributed by atoms with van der Waals surface area (Å²) < 4.78 is 5.27. The number of rotatable bonds is 7. The molecule has 3 fully saturated rings. The van der Waals surface area contributed by atoms with E-state index < -0.39 is 0 Å². The maximum atomic E-state index is 13.9. The average Bonchev–Trinajstić information content (AvgIpc) is 3.25. The Morgan fingerprint density at radius 3 is 2.36 bits per heavy atom. The van der Waals surface area contributed by atoms with Crippen LogP contribution >= 0.6 is 12.2 Å². The lowest BCUT2D eigenvalue weighted by Gasteiger charge is -2.49. The van der Waals surface area contributed by atoms with Crippen LogP contribution < -0.4 is 15.4 Å². The number of likely N-dealkylation sites (tertiary alicyclic amines) is 2. The van der Waals surface area contributed by atoms with E-state index in [-0.39, 0.29) is 17.7 Å². The number of hydrogen-bond donors (Lipinski definition) is 2. The fourth-order valence-corrected chi connectivity index (χ4v) is 6.75. The quantitative estimate of drug-likeness (QED) is 0.486. The number of nitrogens with one attached hydrogen (secondary N) is 2. The monoisotopic (exact) mass is 549 g/mol. The molecule has 1 spiro atoms. The van der Waals surface area contributed by atoms with Crippen molar-refractivity contribution in [1.82, 2.24) is 20.0 Å². The first kappa shape index (κ1) is 27.9. The Hall–Kier alpha value is -2.68. The smallest absolute Gasteiger partial charge is 0.241 e. The van der Waals surface area contributed by atoms with Crippen LogP contribution in [-0.4, -0.2) is 76.8 Å². The van der Waals surface area contributed by atoms with Crippen molar-refractivity contribution in [2.24, 2.45) is 5.92 Å². The number of amides is 1. The summed E-state index contributed by atoms with van der Waals surface area (Å²) in [6.07, 6.45) is 4.79. The molecule has 3 aliphatic rings. The number of benzene rings is 2. The molecule has 0 bridgehead atoms. The number of methoxy groups -OCH3 is 1. The van der Waals surface area contributed by atoms with Crippen molar-refractivity contribution < 1.29 is 9.53 Å². The molecule has 2 aromatic carbocycles. The highest BCUT2D eigenvalue weighted by Gasteiger charge is 2.55. The number of anilines is 1. The maximum Gasteiger partial charge on any atom is 0.241 e. The molecule has 3 heterocycles. The van der Waals surface area contributed by atoms with Gasteiger partial charge < -0.3 is 19.9 Å². The first-order chi connectivity index (χ1) is 18.9. The molecule has 39 heavy (non-hydrogen) atoms. The molecule has 0 saturated carbocycles. The maximum absolute atomic E-state index is 13.9. The lowest BCUT2D eigenvalue weighted by atomic mass is 9.92. The second-order valence-electron chi connectivity index (χ2n) is 11.4. The van der Waals surface area contributed by atoms with Crippen LogP contribution in [0.15, 0.2) is 54.6 Å². The summed E-state index contributed by atoms with van der Waals surface area (Å²) in [5.41, 5.74) is 2.02. The third kappa shape index (κ3) is 6.08. The third-order valence-electron chi connectivity index (χ3n) is 8.99. The Kier molecular flexibility index (Phi) is 8.74. The van der Waals surface area contributed by atoms with Crippen molar-refractivity contribution in [1.29, 1.82) is 0 Å². The summed E-state index contributed by atoms with van der Waals surface area (Å²) in [5, 5.41) is 8.00. The van der Waals surface area contributed by atoms with Crippen molar-refractivity contribution in [3.63, 3.8) is 0 Å². The first-order valence-corrected chi connectivity index (χ1v) is 14.9. The van der Waals surface area contributed by atoms with Gasteiger partial charge in [-0.1, -0.05) is 50.6 Å². The summed E-state index contributed by atoms with van der Waals surface area (Å²) in [4.78, 5) is 21.0. The Morgan fingerprint density at radius 2 is 1.74 bits per heavy atom. The Labute approximate surface area is 238 Å². The Balaban J connectivity index is 1.24. The van der Waals surface area contributed by atoms with Gasteiger partial charge in [0.1, 0.15) is 5.75 Å². The second-order valence-corrected chi connectivity index (χ2v) is 11.8. The molecule has 8 heteroatoms. The van der Waals surface area contributed by atoms with Gasteiger partial charge in [-0.05, 0) is 60.8 Å². The summed E-state index contributed by atoms with van der Waals surface area (Å²) in [5.74, 6) is 1.44. The SMILES string of the molecule is CC[C@H](C)[C@H]1NC2(CCN(C(=S)Nc3ccc(OC)cc3)CC2)N(C2CCN(Cc3ccccc3)CC2)C1=O. The number of carbonyl (C=O) groups excluding carboxylic acids is 1. The fraction of sp³-hybridized carbons (Fsp3) is 0.548. The standard InChI is InChI=1S/C31H43N5O2S/c1-4-23(2)28-29(37)36(26-14-18-34(19-15-26)22-24-8-6-5-7-9-24)31(33-28)16-20-35(21-17-31)30(39)32-25-10-12-27(38-3)13-11-25/h5-13,23,26,28,33H,4,14-22H2,1-3H3,(H,32,39)/t23-,28+/m0/s1. The van der Waals surface area contributed by atoms with Crippen LogP contribution in [-0.2, 0) is 11.3 Å². The van der Waals surface area contributed by atoms with Gasteiger partial charge in [-0.2, -0.15) is 0 Å². The predicted molar refractivity (Wildman–Crippen MR) is 161 cm³/mol. The zero-order valence-electron chi connectivity index (χ0n) is 23.6. The highest BCUT2D eigenvalue weighted by atomic mass is 32.1. The van der Waals surface area contributed by atoms with Gasteiger partial charge in [-0.3, -0.25) is 15.0 Å². The van der Waals surface area contributed by atoms with E-state index in [0.717, 1.165) is 81.4 Å². The summed E-state index contributed by atoms with van der Waals surface area (Å²) >= 11 is 5.79. The van der Waals surface area contributed by atoms with Gasteiger partial charge in [0.15, 0.2) is 5.11 Å². The number of carbonyl (C=O) groups is 1. The van der Waals surface area contributed by atoms with E-state index >= 15 is 0 Å². The van der Waals surface area contributed by atoms with E-state index in [9.17, 15) is 4.79 Å². The molecular formula is C31H43N5O2S. The molecule has 0 aliphatic carbocycles. The molecule has 5 rings (SSSR count). The number of nitrogens with zero attached hydrogens (tertiary/aromatic N) is 3. The topological polar surface area (TPSA) is 60.1 Å². The van der Waals surface area contributed by atoms with Crippen LogP contribution in [0.2, 0.25) is 0 Å². The minimum absolute atomic E-state index is 0.103. The summed E-state index contributed by atoms with van der Waals surface area (Å²) in [6.45, 7) is 9.05. The third-order valence-corrected chi connectivity index (χ3v) is 9.35. The number of hydrogen-bond acceptors (Lipinski definition) is 5. The lowest BCUT2D eigenvalue weighted by Crippen LogP contribution is -2.63. The molecular weight excluding hydrogens is 506 g/mol. The number of thiocarbonyl (C=S) groups is 1. The molecule has 7 nitrogen and oxygen atoms in total. The summed E-state index contributed by atoms with van der Waals surface area (Å²) in [7, 11) is 1.67. The first-order valence-electron chi connectivity index (χ1n) is 14.5. The van der Waals surface area contributed by atoms with E-state index in [0.29, 0.717) is 11.8 Å². The molecule has 1 amide bonds. The summed E-state index contributed by atoms with van der Waals surface area (Å²) in [6, 6.07) is 18.7. The molecule has 2 atom stereocenters. The Bertz CT molecular complexity index is 1110. The van der Waals surface area contributed by atoms with Gasteiger partial charge >= 0.3 is 0 Å². The van der Waals surface area contributed by atoms with Gasteiger partial charge in [-0.25, -0.2) is 0 Å². The highest BCUT2D eigenvalue weighted by molar-refractivity contribution is 7.80. The largest absolute Gasteiger partial charge is 0.497 e. The zero-order chi connectivity index (χ0) is 27.4. The van der Waals surface area contributed by atoms with Gasteiger partial charge in [0, 0.05) is 57.3 Å². The van der Waals surface area contributed by atoms with Crippen LogP contribution in [0.25, 0.3) is 0 Å². The molecule has 0 radical (unpaired) electrons. The lowest BCUT2D eigenvalue weighted by molar-refractivity contribution is -0.138. The van der Waals surface area contributed by atoms with E-state index in [1.165, 1.54) is 5.56 Å². The van der Waals surface area contributed by atoms with Crippen LogP contribution in [0.5, 0.6) is 5.75 Å². The molecule has 0 aromatic heterocycles. The van der Waals surface area contributed by atoms with Crippen LogP contribution in [0, 0.1) is 5.92 Å². The molecule has 3 aliphatic heterocycles. The molecule has 2 aromatic rings. The fourth-order valence-electron chi connectivity index (χ4n) is 6.45. The molecule has 210 valence electrons. The number of piperidine rings is 2. The van der Waals surface area contributed by atoms with Crippen molar-refractivity contribution >= 4 is 28.9 Å². The average molecular weight is 550 g/mol.